The molecule has 3 saturated heterocycles. The molecular weight excluding hydrogens is 833 g/mol. The number of aliphatic hydroxyl groups is 1. The zero-order chi connectivity index (χ0) is 39.6. The van der Waals surface area contributed by atoms with Crippen LogP contribution in [-0.2, 0) is 55.9 Å². The monoisotopic (exact) mass is 885 g/mol. The number of amides is 2. The number of esters is 2. The Bertz CT molecular complexity index is 1800. The summed E-state index contributed by atoms with van der Waals surface area (Å²) < 4.78 is 26.6. The van der Waals surface area contributed by atoms with Crippen molar-refractivity contribution in [1.82, 2.24) is 15.3 Å². The van der Waals surface area contributed by atoms with Crippen molar-refractivity contribution in [3.8, 4) is 0 Å². The fourth-order valence-electron chi connectivity index (χ4n) is 9.32. The molecule has 3 aliphatic heterocycles. The van der Waals surface area contributed by atoms with E-state index in [2.05, 4.69) is 27.9 Å². The molecule has 0 unspecified atom stereocenters. The third kappa shape index (κ3) is 7.49. The van der Waals surface area contributed by atoms with Gasteiger partial charge < -0.3 is 34.3 Å². The van der Waals surface area contributed by atoms with E-state index in [4.69, 9.17) is 23.8 Å². The Balaban J connectivity index is 1.12. The van der Waals surface area contributed by atoms with E-state index in [0.717, 1.165) is 40.4 Å². The van der Waals surface area contributed by atoms with Crippen LogP contribution in [0.2, 0.25) is 0 Å². The van der Waals surface area contributed by atoms with Gasteiger partial charge in [0.25, 0.3) is 0 Å². The number of likely N-dealkylation sites (N-methyl/N-ethyl adjacent to an activating group) is 1. The van der Waals surface area contributed by atoms with Crippen LogP contribution in [0.4, 0.5) is 0 Å². The van der Waals surface area contributed by atoms with Crippen molar-refractivity contribution in [2.45, 2.75) is 133 Å². The number of halogens is 1. The number of ether oxygens (including phenoxy) is 4. The van der Waals surface area contributed by atoms with E-state index >= 15 is 4.79 Å². The SMILES string of the molecule is CN(C(=O)[C@@]12C[C@H]3OC(=O)[C@@H]1N(Cc1ccc(I)cc1)O[C@@H]2[C@H]1OC(C2CC2)(C2CC2)O[C@H]13)[C@H](Cc1ccccc1)C(=O)N[C@H](CO)CCC(=O)OC(C)(C)C. The summed E-state index contributed by atoms with van der Waals surface area (Å²) in [5.41, 5.74) is -0.431. The van der Waals surface area contributed by atoms with Gasteiger partial charge in [0.05, 0.1) is 19.2 Å². The predicted molar refractivity (Wildman–Crippen MR) is 209 cm³/mol. The van der Waals surface area contributed by atoms with Gasteiger partial charge >= 0.3 is 11.9 Å². The topological polar surface area (TPSA) is 153 Å². The maximum atomic E-state index is 15.6. The third-order valence-corrected chi connectivity index (χ3v) is 12.9. The number of carbonyl (C=O) groups is 4. The van der Waals surface area contributed by atoms with Crippen molar-refractivity contribution in [1.29, 1.82) is 0 Å². The summed E-state index contributed by atoms with van der Waals surface area (Å²) in [7, 11) is 1.59. The van der Waals surface area contributed by atoms with Crippen LogP contribution in [0.25, 0.3) is 0 Å². The first kappa shape index (κ1) is 39.7. The van der Waals surface area contributed by atoms with Gasteiger partial charge in [0, 0.05) is 41.7 Å². The molecule has 2 aromatic rings. The van der Waals surface area contributed by atoms with Crippen molar-refractivity contribution in [3.63, 3.8) is 0 Å². The van der Waals surface area contributed by atoms with E-state index in [0.29, 0.717) is 0 Å². The maximum absolute atomic E-state index is 15.6. The number of nitrogens with zero attached hydrogens (tertiary/aromatic N) is 2. The number of fused-ring (bicyclic) bond motifs is 4. The summed E-state index contributed by atoms with van der Waals surface area (Å²) in [6.45, 7) is 5.13. The molecule has 2 bridgehead atoms. The maximum Gasteiger partial charge on any atom is 0.327 e. The van der Waals surface area contributed by atoms with Crippen LogP contribution in [0.1, 0.15) is 76.8 Å². The van der Waals surface area contributed by atoms with Crippen LogP contribution in [0.15, 0.2) is 54.6 Å². The molecule has 56 heavy (non-hydrogen) atoms. The van der Waals surface area contributed by atoms with Gasteiger partial charge in [-0.15, -0.1) is 0 Å². The number of hydrogen-bond acceptors (Lipinski definition) is 11. The standard InChI is InChI=1S/C42H52IN3O10/c1-40(2,3)53-32(48)19-18-29(23-47)44-37(49)30(20-24-8-6-5-7-9-24)45(4)39(51)41-21-31-33-34(55-42(54-33,26-12-13-26)27-14-15-27)36(41)56-46(35(41)38(50)52-31)22-25-10-16-28(43)17-11-25/h5-11,16-17,26-27,29-31,33-36,47H,12-15,18-23H2,1-4H3,(H,44,49)/t29-,30+,31+,33-,34-,35-,36+,41-/m0/s1. The average molecular weight is 886 g/mol. The molecule has 8 atom stereocenters. The minimum Gasteiger partial charge on any atom is -0.460 e. The second-order valence-electron chi connectivity index (χ2n) is 17.4. The fourth-order valence-corrected chi connectivity index (χ4v) is 9.68. The smallest absolute Gasteiger partial charge is 0.327 e. The Morgan fingerprint density at radius 1 is 1.00 bits per heavy atom. The number of hydroxylamine groups is 2. The van der Waals surface area contributed by atoms with E-state index in [1.54, 1.807) is 32.9 Å². The quantitative estimate of drug-likeness (QED) is 0.209. The Hall–Kier alpha value is -3.15. The number of aliphatic hydroxyl groups excluding tert-OH is 1. The van der Waals surface area contributed by atoms with Gasteiger partial charge in [-0.05, 0) is 98.7 Å². The van der Waals surface area contributed by atoms with Crippen LogP contribution >= 0.6 is 22.6 Å². The number of rotatable bonds is 14. The van der Waals surface area contributed by atoms with Gasteiger partial charge in [-0.2, -0.15) is 5.06 Å². The zero-order valence-corrected chi connectivity index (χ0v) is 34.5. The largest absolute Gasteiger partial charge is 0.460 e. The van der Waals surface area contributed by atoms with Crippen molar-refractivity contribution >= 4 is 46.3 Å². The van der Waals surface area contributed by atoms with E-state index in [9.17, 15) is 19.5 Å². The lowest BCUT2D eigenvalue weighted by Crippen LogP contribution is -2.70. The van der Waals surface area contributed by atoms with Crippen LogP contribution in [0, 0.1) is 20.8 Å². The highest BCUT2D eigenvalue weighted by Gasteiger charge is 2.78. The highest BCUT2D eigenvalue weighted by molar-refractivity contribution is 14.1. The summed E-state index contributed by atoms with van der Waals surface area (Å²) >= 11 is 2.24. The molecule has 2 N–H and O–H groups in total. The van der Waals surface area contributed by atoms with Crippen molar-refractivity contribution in [2.24, 2.45) is 17.3 Å². The highest BCUT2D eigenvalue weighted by atomic mass is 127. The predicted octanol–water partition coefficient (Wildman–Crippen LogP) is 4.06. The molecule has 2 amide bonds. The van der Waals surface area contributed by atoms with Gasteiger partial charge in [0.15, 0.2) is 11.8 Å². The van der Waals surface area contributed by atoms with Crippen molar-refractivity contribution < 1.29 is 48.1 Å². The Morgan fingerprint density at radius 2 is 1.66 bits per heavy atom. The second kappa shape index (κ2) is 15.2. The van der Waals surface area contributed by atoms with Gasteiger partial charge in [0.1, 0.15) is 41.5 Å². The summed E-state index contributed by atoms with van der Waals surface area (Å²) in [4.78, 5) is 65.1. The minimum absolute atomic E-state index is 0.0154. The van der Waals surface area contributed by atoms with E-state index in [1.807, 2.05) is 54.6 Å². The minimum atomic E-state index is -1.46. The molecule has 0 radical (unpaired) electrons. The average Bonchev–Trinajstić information content (AvgIpc) is 4.11. The molecule has 13 nitrogen and oxygen atoms in total. The normalized spacial score (nSPS) is 30.2. The molecule has 2 aromatic carbocycles. The molecule has 14 heteroatoms. The summed E-state index contributed by atoms with van der Waals surface area (Å²) in [5, 5.41) is 14.8. The molecule has 6 fully saturated rings. The first-order chi connectivity index (χ1) is 26.7. The lowest BCUT2D eigenvalue weighted by atomic mass is 9.62. The van der Waals surface area contributed by atoms with Crippen LogP contribution in [0.3, 0.4) is 0 Å². The van der Waals surface area contributed by atoms with Crippen molar-refractivity contribution in [3.05, 3.63) is 69.3 Å². The van der Waals surface area contributed by atoms with E-state index in [-0.39, 0.29) is 44.1 Å². The van der Waals surface area contributed by atoms with Gasteiger partial charge in [-0.25, -0.2) is 0 Å². The molecule has 3 aliphatic carbocycles. The lowest BCUT2D eigenvalue weighted by molar-refractivity contribution is -0.235. The first-order valence-electron chi connectivity index (χ1n) is 19.9. The third-order valence-electron chi connectivity index (χ3n) is 12.2. The zero-order valence-electron chi connectivity index (χ0n) is 32.4. The molecule has 302 valence electrons. The summed E-state index contributed by atoms with van der Waals surface area (Å²) in [6.07, 6.45) is 1.46. The fraction of sp³-hybridized carbons (Fsp3) is 0.619. The highest BCUT2D eigenvalue weighted by Crippen LogP contribution is 2.64. The molecule has 6 aliphatic rings. The molecule has 3 saturated carbocycles. The van der Waals surface area contributed by atoms with Crippen LogP contribution < -0.4 is 5.32 Å². The number of nitrogens with one attached hydrogen (secondary N) is 1. The second-order valence-corrected chi connectivity index (χ2v) is 18.7. The number of benzene rings is 2. The molecule has 0 aromatic heterocycles. The molecule has 0 spiro atoms. The number of carbonyl (C=O) groups excluding carboxylic acids is 4. The van der Waals surface area contributed by atoms with Gasteiger partial charge in [-0.3, -0.25) is 24.0 Å². The Morgan fingerprint density at radius 3 is 2.29 bits per heavy atom. The lowest BCUT2D eigenvalue weighted by Gasteiger charge is -2.50. The van der Waals surface area contributed by atoms with Crippen LogP contribution in [-0.4, -0.2) is 106 Å². The van der Waals surface area contributed by atoms with Crippen LogP contribution in [0.5, 0.6) is 0 Å². The van der Waals surface area contributed by atoms with Crippen molar-refractivity contribution in [2.75, 3.05) is 13.7 Å². The van der Waals surface area contributed by atoms with E-state index < -0.39 is 89.7 Å². The Kier molecular flexibility index (Phi) is 10.8. The van der Waals surface area contributed by atoms with E-state index in [1.165, 1.54) is 4.90 Å². The number of hydrogen-bond donors (Lipinski definition) is 2. The summed E-state index contributed by atoms with van der Waals surface area (Å²) in [6, 6.07) is 14.3. The molecular formula is C42H52IN3O10. The summed E-state index contributed by atoms with van der Waals surface area (Å²) in [5.74, 6) is -2.27. The first-order valence-corrected chi connectivity index (χ1v) is 21.0. The molecule has 3 heterocycles. The van der Waals surface area contributed by atoms with Gasteiger partial charge in [0.2, 0.25) is 11.8 Å². The van der Waals surface area contributed by atoms with Gasteiger partial charge in [-0.1, -0.05) is 42.5 Å². The Labute approximate surface area is 341 Å². The molecule has 8 rings (SSSR count).